The lowest BCUT2D eigenvalue weighted by atomic mass is 10.1. The molecule has 0 saturated heterocycles. The number of ether oxygens (including phenoxy) is 4. The number of benzene rings is 2. The fraction of sp³-hybridized carbons (Fsp3) is 0.318. The molecule has 32 heavy (non-hydrogen) atoms. The first-order chi connectivity index (χ1) is 15.4. The molecule has 0 aromatic heterocycles. The number of amides is 1. The van der Waals surface area contributed by atoms with Gasteiger partial charge < -0.3 is 23.8 Å². The maximum Gasteiger partial charge on any atom is 0.387 e. The van der Waals surface area contributed by atoms with Gasteiger partial charge in [-0.15, -0.1) is 0 Å². The second-order valence-corrected chi connectivity index (χ2v) is 6.58. The molecule has 0 aliphatic carbocycles. The van der Waals surface area contributed by atoms with Crippen LogP contribution in [0.15, 0.2) is 42.5 Å². The van der Waals surface area contributed by atoms with Gasteiger partial charge in [0.15, 0.2) is 11.5 Å². The number of alkyl halides is 4. The minimum absolute atomic E-state index is 0.102. The van der Waals surface area contributed by atoms with Crippen LogP contribution in [0.1, 0.15) is 18.1 Å². The van der Waals surface area contributed by atoms with Crippen molar-refractivity contribution in [2.24, 2.45) is 0 Å². The Morgan fingerprint density at radius 3 is 2.56 bits per heavy atom. The first kappa shape index (κ1) is 23.2. The second-order valence-electron chi connectivity index (χ2n) is 6.58. The zero-order chi connectivity index (χ0) is 23.1. The Bertz CT molecular complexity index is 967. The molecule has 1 aliphatic rings. The third-order valence-corrected chi connectivity index (χ3v) is 4.53. The number of fused-ring (bicyclic) bond motifs is 1. The van der Waals surface area contributed by atoms with Crippen LogP contribution in [0.4, 0.5) is 17.6 Å². The third-order valence-electron chi connectivity index (χ3n) is 4.53. The molecule has 0 radical (unpaired) electrons. The molecule has 0 bridgehead atoms. The van der Waals surface area contributed by atoms with Crippen LogP contribution in [0.25, 0.3) is 6.08 Å². The molecule has 2 aromatic rings. The standard InChI is InChI=1S/C22H21F4NO5/c1-2-27(13-15-4-3-5-17-20(15)30-11-10-29-17)19(28)9-7-14-6-8-16(31-21(23)24)12-18(14)32-22(25)26/h3-9,12,21-22H,2,10-11,13H2,1H3/b9-7+. The van der Waals surface area contributed by atoms with Gasteiger partial charge in [-0.2, -0.15) is 17.6 Å². The molecule has 0 spiro atoms. The normalized spacial score (nSPS) is 13.0. The molecule has 0 atom stereocenters. The van der Waals surface area contributed by atoms with Crippen molar-refractivity contribution < 1.29 is 41.3 Å². The van der Waals surface area contributed by atoms with Gasteiger partial charge in [-0.25, -0.2) is 0 Å². The SMILES string of the molecule is CCN(Cc1cccc2c1OCCO2)C(=O)/C=C/c1ccc(OC(F)F)cc1OC(F)F. The van der Waals surface area contributed by atoms with Crippen molar-refractivity contribution >= 4 is 12.0 Å². The average molecular weight is 455 g/mol. The molecule has 3 rings (SSSR count). The number of likely N-dealkylation sites (N-methyl/N-ethyl adjacent to an activating group) is 1. The van der Waals surface area contributed by atoms with Crippen LogP contribution in [0, 0.1) is 0 Å². The molecule has 1 amide bonds. The molecule has 6 nitrogen and oxygen atoms in total. The third kappa shape index (κ3) is 6.05. The van der Waals surface area contributed by atoms with Gasteiger partial charge >= 0.3 is 13.2 Å². The first-order valence-electron chi connectivity index (χ1n) is 9.75. The fourth-order valence-corrected chi connectivity index (χ4v) is 3.10. The Balaban J connectivity index is 1.77. The van der Waals surface area contributed by atoms with Crippen molar-refractivity contribution in [3.05, 3.63) is 53.6 Å². The van der Waals surface area contributed by atoms with Crippen LogP contribution < -0.4 is 18.9 Å². The van der Waals surface area contributed by atoms with Crippen molar-refractivity contribution in [3.63, 3.8) is 0 Å². The highest BCUT2D eigenvalue weighted by Gasteiger charge is 2.19. The van der Waals surface area contributed by atoms with E-state index in [9.17, 15) is 22.4 Å². The monoisotopic (exact) mass is 455 g/mol. The molecule has 0 saturated carbocycles. The van der Waals surface area contributed by atoms with Crippen molar-refractivity contribution in [3.8, 4) is 23.0 Å². The minimum Gasteiger partial charge on any atom is -0.486 e. The van der Waals surface area contributed by atoms with Crippen LogP contribution in [-0.2, 0) is 11.3 Å². The van der Waals surface area contributed by atoms with Crippen LogP contribution in [0.3, 0.4) is 0 Å². The van der Waals surface area contributed by atoms with Gasteiger partial charge in [0.2, 0.25) is 5.91 Å². The number of halogens is 4. The number of carbonyl (C=O) groups excluding carboxylic acids is 1. The lowest BCUT2D eigenvalue weighted by molar-refractivity contribution is -0.126. The van der Waals surface area contributed by atoms with E-state index in [4.69, 9.17) is 9.47 Å². The zero-order valence-corrected chi connectivity index (χ0v) is 17.1. The molecule has 2 aromatic carbocycles. The molecule has 1 heterocycles. The van der Waals surface area contributed by atoms with E-state index in [1.807, 2.05) is 6.07 Å². The van der Waals surface area contributed by atoms with Gasteiger partial charge in [-0.05, 0) is 31.2 Å². The smallest absolute Gasteiger partial charge is 0.387 e. The number of para-hydroxylation sites is 1. The molecular formula is C22H21F4NO5. The lowest BCUT2D eigenvalue weighted by Crippen LogP contribution is -2.29. The van der Waals surface area contributed by atoms with Gasteiger partial charge in [-0.3, -0.25) is 4.79 Å². The number of hydrogen-bond acceptors (Lipinski definition) is 5. The van der Waals surface area contributed by atoms with Gasteiger partial charge in [0, 0.05) is 36.4 Å². The number of hydrogen-bond donors (Lipinski definition) is 0. The van der Waals surface area contributed by atoms with E-state index in [0.29, 0.717) is 31.3 Å². The van der Waals surface area contributed by atoms with Crippen molar-refractivity contribution in [1.29, 1.82) is 0 Å². The molecule has 172 valence electrons. The highest BCUT2D eigenvalue weighted by molar-refractivity contribution is 5.92. The van der Waals surface area contributed by atoms with Crippen molar-refractivity contribution in [1.82, 2.24) is 4.90 Å². The summed E-state index contributed by atoms with van der Waals surface area (Å²) >= 11 is 0. The van der Waals surface area contributed by atoms with Gasteiger partial charge in [-0.1, -0.05) is 12.1 Å². The summed E-state index contributed by atoms with van der Waals surface area (Å²) in [6, 6.07) is 8.72. The maximum absolute atomic E-state index is 12.7. The van der Waals surface area contributed by atoms with E-state index in [-0.39, 0.29) is 17.9 Å². The predicted octanol–water partition coefficient (Wildman–Crippen LogP) is 4.72. The van der Waals surface area contributed by atoms with Crippen LogP contribution in [0.5, 0.6) is 23.0 Å². The van der Waals surface area contributed by atoms with E-state index in [1.165, 1.54) is 29.2 Å². The molecule has 0 N–H and O–H groups in total. The van der Waals surface area contributed by atoms with Crippen LogP contribution in [0.2, 0.25) is 0 Å². The summed E-state index contributed by atoms with van der Waals surface area (Å²) in [7, 11) is 0. The van der Waals surface area contributed by atoms with E-state index in [0.717, 1.165) is 11.6 Å². The Morgan fingerprint density at radius 2 is 1.84 bits per heavy atom. The van der Waals surface area contributed by atoms with Crippen LogP contribution >= 0.6 is 0 Å². The fourth-order valence-electron chi connectivity index (χ4n) is 3.10. The first-order valence-corrected chi connectivity index (χ1v) is 9.75. The quantitative estimate of drug-likeness (QED) is 0.405. The summed E-state index contributed by atoms with van der Waals surface area (Å²) in [5.74, 6) is 0.0555. The maximum atomic E-state index is 12.7. The van der Waals surface area contributed by atoms with Crippen molar-refractivity contribution in [2.45, 2.75) is 26.7 Å². The zero-order valence-electron chi connectivity index (χ0n) is 17.1. The van der Waals surface area contributed by atoms with E-state index < -0.39 is 24.9 Å². The summed E-state index contributed by atoms with van der Waals surface area (Å²) in [4.78, 5) is 14.2. The van der Waals surface area contributed by atoms with Crippen molar-refractivity contribution in [2.75, 3.05) is 19.8 Å². The molecule has 10 heteroatoms. The van der Waals surface area contributed by atoms with Gasteiger partial charge in [0.1, 0.15) is 24.7 Å². The highest BCUT2D eigenvalue weighted by atomic mass is 19.3. The Morgan fingerprint density at radius 1 is 1.09 bits per heavy atom. The second kappa shape index (κ2) is 10.7. The van der Waals surface area contributed by atoms with Gasteiger partial charge in [0.05, 0.1) is 0 Å². The Hall–Kier alpha value is -3.43. The summed E-state index contributed by atoms with van der Waals surface area (Å²) in [6.45, 7) is -3.04. The number of carbonyl (C=O) groups is 1. The van der Waals surface area contributed by atoms with E-state index in [1.54, 1.807) is 19.1 Å². The van der Waals surface area contributed by atoms with Gasteiger partial charge in [0.25, 0.3) is 0 Å². The predicted molar refractivity (Wildman–Crippen MR) is 107 cm³/mol. The minimum atomic E-state index is -3.18. The number of nitrogens with zero attached hydrogens (tertiary/aromatic N) is 1. The molecule has 1 aliphatic heterocycles. The topological polar surface area (TPSA) is 57.2 Å². The largest absolute Gasteiger partial charge is 0.486 e. The summed E-state index contributed by atoms with van der Waals surface area (Å²) in [6.07, 6.45) is 2.46. The highest BCUT2D eigenvalue weighted by Crippen LogP contribution is 2.34. The average Bonchev–Trinajstić information content (AvgIpc) is 2.76. The molecule has 0 unspecified atom stereocenters. The number of rotatable bonds is 9. The van der Waals surface area contributed by atoms with E-state index >= 15 is 0 Å². The summed E-state index contributed by atoms with van der Waals surface area (Å²) in [5, 5.41) is 0. The Labute approximate surface area is 181 Å². The molecule has 0 fully saturated rings. The van der Waals surface area contributed by atoms with E-state index in [2.05, 4.69) is 9.47 Å². The molecular weight excluding hydrogens is 434 g/mol. The summed E-state index contributed by atoms with van der Waals surface area (Å²) < 4.78 is 70.0. The van der Waals surface area contributed by atoms with Crippen LogP contribution in [-0.4, -0.2) is 43.8 Å². The lowest BCUT2D eigenvalue weighted by Gasteiger charge is -2.24. The Kier molecular flexibility index (Phi) is 7.80. The summed E-state index contributed by atoms with van der Waals surface area (Å²) in [5.41, 5.74) is 0.867.